The molecular formula is C20H19BrN2O. The Morgan fingerprint density at radius 1 is 1.00 bits per heavy atom. The van der Waals surface area contributed by atoms with Crippen LogP contribution in [0.2, 0.25) is 0 Å². The molecule has 2 aromatic carbocycles. The third kappa shape index (κ3) is 3.06. The first-order valence-electron chi connectivity index (χ1n) is 7.77. The van der Waals surface area contributed by atoms with Gasteiger partial charge in [0.1, 0.15) is 5.82 Å². The lowest BCUT2D eigenvalue weighted by atomic mass is 9.84. The van der Waals surface area contributed by atoms with Gasteiger partial charge in [0.2, 0.25) is 0 Å². The summed E-state index contributed by atoms with van der Waals surface area (Å²) in [5.74, 6) is 0.478. The minimum atomic E-state index is -0.474. The molecule has 2 N–H and O–H groups in total. The van der Waals surface area contributed by atoms with Crippen molar-refractivity contribution in [2.45, 2.75) is 20.8 Å². The fraction of sp³-hybridized carbons (Fsp3) is 0.200. The molecule has 1 aromatic heterocycles. The normalized spacial score (nSPS) is 11.7. The summed E-state index contributed by atoms with van der Waals surface area (Å²) >= 11 is 3.46. The van der Waals surface area contributed by atoms with Crippen LogP contribution in [0, 0.1) is 5.41 Å². The summed E-state index contributed by atoms with van der Waals surface area (Å²) in [6.45, 7) is 5.74. The van der Waals surface area contributed by atoms with E-state index >= 15 is 0 Å². The van der Waals surface area contributed by atoms with Crippen LogP contribution in [0.1, 0.15) is 31.1 Å². The van der Waals surface area contributed by atoms with E-state index in [2.05, 4.69) is 20.9 Å². The molecule has 0 aliphatic rings. The number of carbonyl (C=O) groups excluding carboxylic acids is 1. The lowest BCUT2D eigenvalue weighted by Crippen LogP contribution is -2.20. The second-order valence-electron chi connectivity index (χ2n) is 6.88. The fourth-order valence-corrected chi connectivity index (χ4v) is 2.97. The maximum absolute atomic E-state index is 12.8. The van der Waals surface area contributed by atoms with E-state index in [1.807, 2.05) is 63.2 Å². The highest BCUT2D eigenvalue weighted by Crippen LogP contribution is 2.33. The second-order valence-corrected chi connectivity index (χ2v) is 7.79. The largest absolute Gasteiger partial charge is 0.384 e. The molecular weight excluding hydrogens is 364 g/mol. The number of rotatable bonds is 2. The van der Waals surface area contributed by atoms with Gasteiger partial charge in [-0.1, -0.05) is 54.9 Å². The monoisotopic (exact) mass is 382 g/mol. The van der Waals surface area contributed by atoms with Crippen LogP contribution in [-0.4, -0.2) is 10.8 Å². The number of hydrogen-bond acceptors (Lipinski definition) is 3. The molecule has 0 aliphatic carbocycles. The Morgan fingerprint density at radius 2 is 1.67 bits per heavy atom. The Labute approximate surface area is 150 Å². The number of nitrogen functional groups attached to an aromatic ring is 1. The number of benzene rings is 2. The summed E-state index contributed by atoms with van der Waals surface area (Å²) in [4.78, 5) is 17.3. The average Bonchev–Trinajstić information content (AvgIpc) is 2.53. The van der Waals surface area contributed by atoms with E-state index in [0.29, 0.717) is 16.9 Å². The van der Waals surface area contributed by atoms with Crippen molar-refractivity contribution < 1.29 is 4.79 Å². The van der Waals surface area contributed by atoms with Gasteiger partial charge >= 0.3 is 0 Å². The van der Waals surface area contributed by atoms with Crippen LogP contribution in [0.25, 0.3) is 22.0 Å². The molecule has 0 amide bonds. The van der Waals surface area contributed by atoms with E-state index in [0.717, 1.165) is 21.0 Å². The standard InChI is InChI=1S/C20H19BrN2O/c1-20(2,3)19(24)16-9-8-14(12-4-6-13(21)7-5-12)15-10-11-17(22)23-18(15)16/h4-11H,1-3H3,(H2,22,23). The van der Waals surface area contributed by atoms with Crippen LogP contribution in [0.4, 0.5) is 5.82 Å². The molecule has 0 unspecified atom stereocenters. The Kier molecular flexibility index (Phi) is 4.18. The third-order valence-corrected chi connectivity index (χ3v) is 4.49. The highest BCUT2D eigenvalue weighted by Gasteiger charge is 2.25. The van der Waals surface area contributed by atoms with Crippen molar-refractivity contribution in [3.05, 3.63) is 58.6 Å². The van der Waals surface area contributed by atoms with Gasteiger partial charge in [-0.15, -0.1) is 0 Å². The molecule has 0 spiro atoms. The van der Waals surface area contributed by atoms with Crippen molar-refractivity contribution in [2.24, 2.45) is 5.41 Å². The van der Waals surface area contributed by atoms with Crippen LogP contribution < -0.4 is 5.73 Å². The predicted molar refractivity (Wildman–Crippen MR) is 103 cm³/mol. The first kappa shape index (κ1) is 16.7. The number of carbonyl (C=O) groups is 1. The fourth-order valence-electron chi connectivity index (χ4n) is 2.70. The summed E-state index contributed by atoms with van der Waals surface area (Å²) < 4.78 is 1.03. The number of anilines is 1. The molecule has 3 aromatic rings. The number of nitrogens with two attached hydrogens (primary N) is 1. The lowest BCUT2D eigenvalue weighted by Gasteiger charge is -2.19. The number of pyridine rings is 1. The van der Waals surface area contributed by atoms with E-state index in [1.54, 1.807) is 6.07 Å². The maximum atomic E-state index is 12.8. The summed E-state index contributed by atoms with van der Waals surface area (Å²) in [7, 11) is 0. The van der Waals surface area contributed by atoms with Gasteiger partial charge < -0.3 is 5.73 Å². The minimum absolute atomic E-state index is 0.0629. The van der Waals surface area contributed by atoms with Crippen molar-refractivity contribution in [1.29, 1.82) is 0 Å². The van der Waals surface area contributed by atoms with Gasteiger partial charge in [-0.2, -0.15) is 0 Å². The molecule has 3 rings (SSSR count). The Bertz CT molecular complexity index is 925. The zero-order valence-corrected chi connectivity index (χ0v) is 15.5. The van der Waals surface area contributed by atoms with Crippen molar-refractivity contribution in [3.8, 4) is 11.1 Å². The highest BCUT2D eigenvalue weighted by molar-refractivity contribution is 9.10. The molecule has 0 bridgehead atoms. The van der Waals surface area contributed by atoms with Crippen LogP contribution in [0.15, 0.2) is 53.0 Å². The van der Waals surface area contributed by atoms with Gasteiger partial charge in [-0.05, 0) is 41.5 Å². The number of nitrogens with zero attached hydrogens (tertiary/aromatic N) is 1. The van der Waals surface area contributed by atoms with Crippen molar-refractivity contribution in [3.63, 3.8) is 0 Å². The van der Waals surface area contributed by atoms with Crippen LogP contribution in [-0.2, 0) is 0 Å². The molecule has 0 atom stereocenters. The number of halogens is 1. The molecule has 24 heavy (non-hydrogen) atoms. The second kappa shape index (κ2) is 6.02. The van der Waals surface area contributed by atoms with Gasteiger partial charge in [0.25, 0.3) is 0 Å². The van der Waals surface area contributed by atoms with Crippen molar-refractivity contribution in [2.75, 3.05) is 5.73 Å². The minimum Gasteiger partial charge on any atom is -0.384 e. The topological polar surface area (TPSA) is 56.0 Å². The average molecular weight is 383 g/mol. The summed E-state index contributed by atoms with van der Waals surface area (Å²) in [6, 6.07) is 15.6. The molecule has 0 saturated carbocycles. The summed E-state index contributed by atoms with van der Waals surface area (Å²) in [5.41, 5.74) is 8.80. The Morgan fingerprint density at radius 3 is 2.29 bits per heavy atom. The van der Waals surface area contributed by atoms with Gasteiger partial charge in [-0.3, -0.25) is 4.79 Å². The lowest BCUT2D eigenvalue weighted by molar-refractivity contribution is 0.0860. The molecule has 0 aliphatic heterocycles. The molecule has 3 nitrogen and oxygen atoms in total. The zero-order valence-electron chi connectivity index (χ0n) is 13.9. The van der Waals surface area contributed by atoms with E-state index in [-0.39, 0.29) is 5.78 Å². The zero-order chi connectivity index (χ0) is 17.5. The van der Waals surface area contributed by atoms with Crippen molar-refractivity contribution >= 4 is 38.4 Å². The number of ketones is 1. The molecule has 0 radical (unpaired) electrons. The van der Waals surface area contributed by atoms with Crippen molar-refractivity contribution in [1.82, 2.24) is 4.98 Å². The number of Topliss-reactive ketones (excluding diaryl/α,β-unsaturated/α-hetero) is 1. The number of fused-ring (bicyclic) bond motifs is 1. The molecule has 4 heteroatoms. The number of aromatic nitrogens is 1. The molecule has 1 heterocycles. The van der Waals surface area contributed by atoms with Gasteiger partial charge in [0.05, 0.1) is 5.52 Å². The van der Waals surface area contributed by atoms with Crippen LogP contribution in [0.5, 0.6) is 0 Å². The molecule has 0 saturated heterocycles. The smallest absolute Gasteiger partial charge is 0.170 e. The summed E-state index contributed by atoms with van der Waals surface area (Å²) in [5, 5.41) is 0.932. The first-order chi connectivity index (χ1) is 11.3. The van der Waals surface area contributed by atoms with Gasteiger partial charge in [0, 0.05) is 20.8 Å². The van der Waals surface area contributed by atoms with Crippen LogP contribution >= 0.6 is 15.9 Å². The van der Waals surface area contributed by atoms with E-state index < -0.39 is 5.41 Å². The predicted octanol–water partition coefficient (Wildman–Crippen LogP) is 5.48. The third-order valence-electron chi connectivity index (χ3n) is 3.96. The van der Waals surface area contributed by atoms with E-state index in [9.17, 15) is 4.79 Å². The van der Waals surface area contributed by atoms with E-state index in [1.165, 1.54) is 0 Å². The Hall–Kier alpha value is -2.20. The quantitative estimate of drug-likeness (QED) is 0.597. The first-order valence-corrected chi connectivity index (χ1v) is 8.56. The SMILES string of the molecule is CC(C)(C)C(=O)c1ccc(-c2ccc(Br)cc2)c2ccc(N)nc12. The van der Waals surface area contributed by atoms with E-state index in [4.69, 9.17) is 5.73 Å². The van der Waals surface area contributed by atoms with Crippen LogP contribution in [0.3, 0.4) is 0 Å². The molecule has 122 valence electrons. The molecule has 0 fully saturated rings. The Balaban J connectivity index is 2.28. The highest BCUT2D eigenvalue weighted by atomic mass is 79.9. The van der Waals surface area contributed by atoms with Gasteiger partial charge in [0.15, 0.2) is 5.78 Å². The van der Waals surface area contributed by atoms with Gasteiger partial charge in [-0.25, -0.2) is 4.98 Å². The maximum Gasteiger partial charge on any atom is 0.170 e. The summed E-state index contributed by atoms with van der Waals surface area (Å²) in [6.07, 6.45) is 0. The number of hydrogen-bond donors (Lipinski definition) is 1.